The Hall–Kier alpha value is -2.40. The van der Waals surface area contributed by atoms with Gasteiger partial charge in [0.15, 0.2) is 0 Å². The fourth-order valence-corrected chi connectivity index (χ4v) is 4.46. The maximum absolute atomic E-state index is 12.6. The number of carboxylic acids is 1. The molecule has 0 fully saturated rings. The molecule has 8 nitrogen and oxygen atoms in total. The normalized spacial score (nSPS) is 13.0. The molecule has 1 unspecified atom stereocenters. The molecule has 2 rings (SSSR count). The van der Waals surface area contributed by atoms with Gasteiger partial charge < -0.3 is 10.2 Å². The van der Waals surface area contributed by atoms with E-state index in [0.29, 0.717) is 11.1 Å². The van der Waals surface area contributed by atoms with Crippen LogP contribution in [-0.2, 0) is 27.8 Å². The highest BCUT2D eigenvalue weighted by Crippen LogP contribution is 2.19. The highest BCUT2D eigenvalue weighted by atomic mass is 32.3. The number of aromatic nitrogens is 2. The number of rotatable bonds is 10. The van der Waals surface area contributed by atoms with E-state index >= 15 is 0 Å². The Balaban J connectivity index is 0.00000218. The first-order valence-corrected chi connectivity index (χ1v) is 11.9. The monoisotopic (exact) mass is 453 g/mol. The quantitative estimate of drug-likeness (QED) is 0.473. The van der Waals surface area contributed by atoms with Crippen molar-refractivity contribution in [1.82, 2.24) is 14.5 Å². The van der Waals surface area contributed by atoms with Gasteiger partial charge in [-0.05, 0) is 30.4 Å². The van der Waals surface area contributed by atoms with Gasteiger partial charge in [-0.25, -0.2) is 13.1 Å². The van der Waals surface area contributed by atoms with E-state index in [1.54, 1.807) is 42.8 Å². The van der Waals surface area contributed by atoms with Gasteiger partial charge in [0.25, 0.3) is 0 Å². The summed E-state index contributed by atoms with van der Waals surface area (Å²) >= 11 is 0.979. The lowest BCUT2D eigenvalue weighted by molar-refractivity contribution is -0.138. The summed E-state index contributed by atoms with van der Waals surface area (Å²) in [6, 6.07) is 7.51. The number of aliphatic hydroxyl groups is 1. The van der Waals surface area contributed by atoms with E-state index < -0.39 is 22.0 Å². The number of hydrogen-bond acceptors (Lipinski definition) is 6. The number of allylic oxidation sites excluding steroid dienone is 2. The van der Waals surface area contributed by atoms with Gasteiger partial charge in [0, 0.05) is 18.0 Å². The number of aliphatic carboxylic acids is 1. The molecule has 164 valence electrons. The third-order valence-electron chi connectivity index (χ3n) is 3.65. The summed E-state index contributed by atoms with van der Waals surface area (Å²) in [7, 11) is -4.02. The van der Waals surface area contributed by atoms with Gasteiger partial charge in [0.05, 0.1) is 12.8 Å². The van der Waals surface area contributed by atoms with Gasteiger partial charge in [-0.2, -0.15) is 9.82 Å². The van der Waals surface area contributed by atoms with E-state index in [1.165, 1.54) is 29.2 Å². The Morgan fingerprint density at radius 2 is 1.93 bits per heavy atom. The van der Waals surface area contributed by atoms with Gasteiger partial charge >= 0.3 is 5.97 Å². The number of benzene rings is 1. The molecule has 1 heterocycles. The number of nitrogens with one attached hydrogen (secondary N) is 1. The van der Waals surface area contributed by atoms with Crippen LogP contribution in [0.2, 0.25) is 0 Å². The average molecular weight is 454 g/mol. The minimum Gasteiger partial charge on any atom is -0.480 e. The molecule has 0 saturated carbocycles. The molecule has 0 spiro atoms. The summed E-state index contributed by atoms with van der Waals surface area (Å²) in [5, 5.41) is 22.4. The van der Waals surface area contributed by atoms with Crippen molar-refractivity contribution >= 4 is 34.0 Å². The first-order valence-electron chi connectivity index (χ1n) is 9.21. The molecule has 0 radical (unpaired) electrons. The van der Waals surface area contributed by atoms with Gasteiger partial charge in [-0.15, -0.1) is 11.8 Å². The van der Waals surface area contributed by atoms with Gasteiger partial charge in [0.2, 0.25) is 10.0 Å². The van der Waals surface area contributed by atoms with Crippen LogP contribution in [0, 0.1) is 0 Å². The lowest BCUT2D eigenvalue weighted by Gasteiger charge is -2.15. The first-order chi connectivity index (χ1) is 14.4. The number of sulfonamides is 1. The highest BCUT2D eigenvalue weighted by molar-refractivity contribution is 8.17. The lowest BCUT2D eigenvalue weighted by Crippen LogP contribution is -2.42. The van der Waals surface area contributed by atoms with Crippen molar-refractivity contribution in [1.29, 1.82) is 0 Å². The molecule has 0 bridgehead atoms. The van der Waals surface area contributed by atoms with E-state index in [1.807, 2.05) is 13.8 Å². The Labute approximate surface area is 181 Å². The van der Waals surface area contributed by atoms with E-state index in [9.17, 15) is 18.3 Å². The molecule has 1 aromatic heterocycles. The second-order valence-corrected chi connectivity index (χ2v) is 8.51. The van der Waals surface area contributed by atoms with Crippen molar-refractivity contribution in [2.45, 2.75) is 32.9 Å². The van der Waals surface area contributed by atoms with Crippen LogP contribution in [0.5, 0.6) is 0 Å². The number of aliphatic hydroxyl groups excluding tert-OH is 1. The van der Waals surface area contributed by atoms with Crippen molar-refractivity contribution in [3.05, 3.63) is 70.2 Å². The predicted octanol–water partition coefficient (Wildman–Crippen LogP) is 2.69. The summed E-state index contributed by atoms with van der Waals surface area (Å²) in [5.74, 6) is -1.25. The Morgan fingerprint density at radius 3 is 2.47 bits per heavy atom. The van der Waals surface area contributed by atoms with Crippen LogP contribution >= 0.6 is 11.8 Å². The van der Waals surface area contributed by atoms with Crippen LogP contribution in [0.4, 0.5) is 0 Å². The molecule has 1 atom stereocenters. The van der Waals surface area contributed by atoms with E-state index in [2.05, 4.69) is 9.82 Å². The van der Waals surface area contributed by atoms with Crippen molar-refractivity contribution in [3.8, 4) is 0 Å². The van der Waals surface area contributed by atoms with E-state index in [0.717, 1.165) is 11.8 Å². The van der Waals surface area contributed by atoms with Crippen molar-refractivity contribution in [3.63, 3.8) is 0 Å². The minimum atomic E-state index is -4.02. The topological polar surface area (TPSA) is 122 Å². The van der Waals surface area contributed by atoms with Crippen molar-refractivity contribution < 1.29 is 23.4 Å². The summed E-state index contributed by atoms with van der Waals surface area (Å²) in [5.41, 5.74) is 1.34. The molecule has 10 heteroatoms. The SMILES string of the molecule is CC.CS/C(=C\C=C\n1cc(CO)cn1)S(=O)(=O)NC(Cc1ccccc1)C(=O)O. The smallest absolute Gasteiger partial charge is 0.322 e. The maximum atomic E-state index is 12.6. The van der Waals surface area contributed by atoms with Crippen molar-refractivity contribution in [2.75, 3.05) is 6.26 Å². The van der Waals surface area contributed by atoms with E-state index in [-0.39, 0.29) is 17.3 Å². The molecule has 0 aliphatic heterocycles. The van der Waals surface area contributed by atoms with E-state index in [4.69, 9.17) is 5.11 Å². The number of thioether (sulfide) groups is 1. The van der Waals surface area contributed by atoms with Crippen LogP contribution in [0.15, 0.2) is 59.1 Å². The zero-order valence-corrected chi connectivity index (χ0v) is 18.7. The molecule has 0 amide bonds. The van der Waals surface area contributed by atoms with Gasteiger partial charge in [-0.1, -0.05) is 44.2 Å². The molecule has 1 aromatic carbocycles. The summed E-state index contributed by atoms with van der Waals surface area (Å²) in [4.78, 5) is 11.5. The molecule has 0 aliphatic rings. The number of nitrogens with zero attached hydrogens (tertiary/aromatic N) is 2. The standard InChI is InChI=1S/C18H21N3O5S2.C2H6/c1-27-17(8-5-9-21-12-15(13-22)11-19-21)28(25,26)20-16(18(23)24)10-14-6-3-2-4-7-14;1-2/h2-9,11-12,16,20,22H,10,13H2,1H3,(H,23,24);1-2H3/b9-5+,17-8+;. The zero-order chi connectivity index (χ0) is 22.6. The van der Waals surface area contributed by atoms with Gasteiger partial charge in [0.1, 0.15) is 10.3 Å². The Bertz CT molecular complexity index is 954. The van der Waals surface area contributed by atoms with Crippen LogP contribution in [0.25, 0.3) is 6.20 Å². The second-order valence-electron chi connectivity index (χ2n) is 5.72. The minimum absolute atomic E-state index is 0.0300. The fourth-order valence-electron chi connectivity index (χ4n) is 2.29. The molecule has 0 saturated heterocycles. The summed E-state index contributed by atoms with van der Waals surface area (Å²) < 4.78 is 28.9. The molecule has 0 aliphatic carbocycles. The largest absolute Gasteiger partial charge is 0.480 e. The lowest BCUT2D eigenvalue weighted by atomic mass is 10.1. The molecular formula is C20H27N3O5S2. The zero-order valence-electron chi connectivity index (χ0n) is 17.1. The molecule has 2 aromatic rings. The summed E-state index contributed by atoms with van der Waals surface area (Å²) in [6.45, 7) is 3.86. The number of hydrogen-bond donors (Lipinski definition) is 3. The third-order valence-corrected chi connectivity index (χ3v) is 6.61. The predicted molar refractivity (Wildman–Crippen MR) is 120 cm³/mol. The maximum Gasteiger partial charge on any atom is 0.322 e. The molecular weight excluding hydrogens is 426 g/mol. The average Bonchev–Trinajstić information content (AvgIpc) is 3.20. The Morgan fingerprint density at radius 1 is 1.27 bits per heavy atom. The number of carbonyl (C=O) groups is 1. The van der Waals surface area contributed by atoms with Gasteiger partial charge in [-0.3, -0.25) is 4.79 Å². The molecule has 3 N–H and O–H groups in total. The Kier molecular flexibility index (Phi) is 11.1. The second kappa shape index (κ2) is 13.0. The first kappa shape index (κ1) is 25.6. The highest BCUT2D eigenvalue weighted by Gasteiger charge is 2.26. The number of carboxylic acid groups (broad SMARTS) is 1. The van der Waals surface area contributed by atoms with Crippen LogP contribution in [0.3, 0.4) is 0 Å². The molecule has 30 heavy (non-hydrogen) atoms. The summed E-state index contributed by atoms with van der Waals surface area (Å²) in [6.07, 6.45) is 9.05. The van der Waals surface area contributed by atoms with Crippen LogP contribution in [-0.4, -0.2) is 46.7 Å². The third kappa shape index (κ3) is 8.15. The fraction of sp³-hybridized carbons (Fsp3) is 0.300. The van der Waals surface area contributed by atoms with Crippen molar-refractivity contribution in [2.24, 2.45) is 0 Å². The van der Waals surface area contributed by atoms with Crippen LogP contribution < -0.4 is 4.72 Å². The van der Waals surface area contributed by atoms with Crippen LogP contribution in [0.1, 0.15) is 25.0 Å².